The molecule has 0 bridgehead atoms. The van der Waals surface area contributed by atoms with Gasteiger partial charge in [-0.15, -0.1) is 0 Å². The molecule has 1 aromatic carbocycles. The average Bonchev–Trinajstić information content (AvgIpc) is 3.18. The molecule has 0 amide bonds. The predicted octanol–water partition coefficient (Wildman–Crippen LogP) is 1.95. The monoisotopic (exact) mass is 365 g/mol. The van der Waals surface area contributed by atoms with Gasteiger partial charge in [-0.1, -0.05) is 6.07 Å². The highest BCUT2D eigenvalue weighted by Crippen LogP contribution is 2.27. The lowest BCUT2D eigenvalue weighted by atomic mass is 10.2. The minimum Gasteiger partial charge on any atom is -0.493 e. The summed E-state index contributed by atoms with van der Waals surface area (Å²) in [6, 6.07) is 5.92. The molecule has 1 aliphatic rings. The minimum absolute atomic E-state index is 0.266. The Morgan fingerprint density at radius 2 is 2.19 bits per heavy atom. The van der Waals surface area contributed by atoms with Crippen molar-refractivity contribution in [2.45, 2.75) is 32.4 Å². The van der Waals surface area contributed by atoms with Crippen molar-refractivity contribution in [1.82, 2.24) is 10.6 Å². The molecule has 2 N–H and O–H groups in total. The fraction of sp³-hybridized carbons (Fsp3) is 0.632. The zero-order valence-electron chi connectivity index (χ0n) is 16.0. The SMILES string of the molecule is CCOc1ccc(CNC(=NC)NCCCOC2CCOC2)cc1OC. The molecule has 1 fully saturated rings. The number of hydrogen-bond acceptors (Lipinski definition) is 5. The van der Waals surface area contributed by atoms with Gasteiger partial charge in [-0.2, -0.15) is 0 Å². The van der Waals surface area contributed by atoms with E-state index in [9.17, 15) is 0 Å². The Kier molecular flexibility index (Phi) is 9.06. The van der Waals surface area contributed by atoms with Gasteiger partial charge in [0.2, 0.25) is 0 Å². The highest BCUT2D eigenvalue weighted by molar-refractivity contribution is 5.79. The van der Waals surface area contributed by atoms with Crippen LogP contribution in [0.25, 0.3) is 0 Å². The molecule has 2 rings (SSSR count). The number of aliphatic imine (C=N–C) groups is 1. The average molecular weight is 365 g/mol. The zero-order chi connectivity index (χ0) is 18.6. The molecule has 146 valence electrons. The molecule has 7 heteroatoms. The number of benzene rings is 1. The maximum absolute atomic E-state index is 5.75. The molecule has 0 spiro atoms. The van der Waals surface area contributed by atoms with E-state index in [0.717, 1.165) is 62.2 Å². The third-order valence-electron chi connectivity index (χ3n) is 4.07. The van der Waals surface area contributed by atoms with Crippen LogP contribution in [0.5, 0.6) is 11.5 Å². The molecule has 0 radical (unpaired) electrons. The molecule has 26 heavy (non-hydrogen) atoms. The van der Waals surface area contributed by atoms with E-state index in [1.165, 1.54) is 0 Å². The normalized spacial score (nSPS) is 17.2. The summed E-state index contributed by atoms with van der Waals surface area (Å²) in [4.78, 5) is 4.25. The molecule has 1 atom stereocenters. The zero-order valence-corrected chi connectivity index (χ0v) is 16.0. The van der Waals surface area contributed by atoms with Gasteiger partial charge in [0.25, 0.3) is 0 Å². The summed E-state index contributed by atoms with van der Waals surface area (Å²) in [6.45, 7) is 6.30. The fourth-order valence-corrected chi connectivity index (χ4v) is 2.68. The number of rotatable bonds is 10. The highest BCUT2D eigenvalue weighted by atomic mass is 16.5. The van der Waals surface area contributed by atoms with Crippen LogP contribution in [0.15, 0.2) is 23.2 Å². The van der Waals surface area contributed by atoms with E-state index in [1.54, 1.807) is 14.2 Å². The first kappa shape index (κ1) is 20.3. The lowest BCUT2D eigenvalue weighted by Crippen LogP contribution is -2.37. The van der Waals surface area contributed by atoms with Crippen LogP contribution in [0, 0.1) is 0 Å². The highest BCUT2D eigenvalue weighted by Gasteiger charge is 2.15. The van der Waals surface area contributed by atoms with Crippen LogP contribution in [-0.4, -0.2) is 59.2 Å². The quantitative estimate of drug-likeness (QED) is 0.375. The Balaban J connectivity index is 1.69. The summed E-state index contributed by atoms with van der Waals surface area (Å²) in [6.07, 6.45) is 2.19. The van der Waals surface area contributed by atoms with Crippen molar-refractivity contribution < 1.29 is 18.9 Å². The van der Waals surface area contributed by atoms with E-state index in [2.05, 4.69) is 15.6 Å². The number of hydrogen-bond donors (Lipinski definition) is 2. The molecule has 1 saturated heterocycles. The Hall–Kier alpha value is -1.99. The van der Waals surface area contributed by atoms with E-state index in [0.29, 0.717) is 13.2 Å². The van der Waals surface area contributed by atoms with E-state index in [-0.39, 0.29) is 6.10 Å². The van der Waals surface area contributed by atoms with Gasteiger partial charge in [-0.25, -0.2) is 0 Å². The molecule has 0 aromatic heterocycles. The van der Waals surface area contributed by atoms with E-state index in [4.69, 9.17) is 18.9 Å². The van der Waals surface area contributed by atoms with Crippen molar-refractivity contribution in [3.8, 4) is 11.5 Å². The Morgan fingerprint density at radius 1 is 1.31 bits per heavy atom. The van der Waals surface area contributed by atoms with Gasteiger partial charge in [0.1, 0.15) is 0 Å². The lowest BCUT2D eigenvalue weighted by Gasteiger charge is -2.14. The van der Waals surface area contributed by atoms with E-state index in [1.807, 2.05) is 25.1 Å². The van der Waals surface area contributed by atoms with Crippen LogP contribution in [0.3, 0.4) is 0 Å². The second-order valence-electron chi connectivity index (χ2n) is 5.98. The van der Waals surface area contributed by atoms with Gasteiger partial charge in [-0.05, 0) is 37.5 Å². The van der Waals surface area contributed by atoms with Gasteiger partial charge in [0, 0.05) is 33.4 Å². The lowest BCUT2D eigenvalue weighted by molar-refractivity contribution is 0.0420. The van der Waals surface area contributed by atoms with E-state index < -0.39 is 0 Å². The molecule has 0 aliphatic carbocycles. The standard InChI is InChI=1S/C19H31N3O4/c1-4-25-17-7-6-15(12-18(17)23-3)13-22-19(20-2)21-9-5-10-26-16-8-11-24-14-16/h6-7,12,16H,4-5,8-11,13-14H2,1-3H3,(H2,20,21,22). The van der Waals surface area contributed by atoms with Crippen molar-refractivity contribution >= 4 is 5.96 Å². The van der Waals surface area contributed by atoms with Gasteiger partial charge < -0.3 is 29.6 Å². The largest absolute Gasteiger partial charge is 0.493 e. The van der Waals surface area contributed by atoms with Crippen LogP contribution < -0.4 is 20.1 Å². The van der Waals surface area contributed by atoms with Crippen molar-refractivity contribution in [3.05, 3.63) is 23.8 Å². The van der Waals surface area contributed by atoms with Crippen LogP contribution in [0.2, 0.25) is 0 Å². The molecule has 1 aliphatic heterocycles. The van der Waals surface area contributed by atoms with Gasteiger partial charge in [0.15, 0.2) is 17.5 Å². The van der Waals surface area contributed by atoms with Crippen molar-refractivity contribution in [2.24, 2.45) is 4.99 Å². The maximum atomic E-state index is 5.75. The van der Waals surface area contributed by atoms with Crippen LogP contribution in [0.1, 0.15) is 25.3 Å². The molecule has 1 unspecified atom stereocenters. The van der Waals surface area contributed by atoms with Gasteiger partial charge in [-0.3, -0.25) is 4.99 Å². The van der Waals surface area contributed by atoms with Gasteiger partial charge in [0.05, 0.1) is 26.4 Å². The summed E-state index contributed by atoms with van der Waals surface area (Å²) in [5.74, 6) is 2.26. The number of nitrogens with zero attached hydrogens (tertiary/aromatic N) is 1. The summed E-state index contributed by atoms with van der Waals surface area (Å²) in [5, 5.41) is 6.60. The second-order valence-corrected chi connectivity index (χ2v) is 5.98. The number of methoxy groups -OCH3 is 1. The molecule has 0 saturated carbocycles. The maximum Gasteiger partial charge on any atom is 0.191 e. The Morgan fingerprint density at radius 3 is 2.88 bits per heavy atom. The van der Waals surface area contributed by atoms with Crippen molar-refractivity contribution in [1.29, 1.82) is 0 Å². The van der Waals surface area contributed by atoms with Crippen LogP contribution >= 0.6 is 0 Å². The molecule has 7 nitrogen and oxygen atoms in total. The summed E-state index contributed by atoms with van der Waals surface area (Å²) in [7, 11) is 3.41. The predicted molar refractivity (Wildman–Crippen MR) is 102 cm³/mol. The van der Waals surface area contributed by atoms with Crippen molar-refractivity contribution in [2.75, 3.05) is 47.1 Å². The first-order valence-corrected chi connectivity index (χ1v) is 9.20. The molecule has 1 aromatic rings. The first-order chi connectivity index (χ1) is 12.8. The van der Waals surface area contributed by atoms with Crippen LogP contribution in [-0.2, 0) is 16.0 Å². The summed E-state index contributed by atoms with van der Waals surface area (Å²) < 4.78 is 22.0. The smallest absolute Gasteiger partial charge is 0.191 e. The number of ether oxygens (including phenoxy) is 4. The second kappa shape index (κ2) is 11.6. The Labute approximate surface area is 156 Å². The minimum atomic E-state index is 0.266. The fourth-order valence-electron chi connectivity index (χ4n) is 2.68. The topological polar surface area (TPSA) is 73.3 Å². The summed E-state index contributed by atoms with van der Waals surface area (Å²) >= 11 is 0. The summed E-state index contributed by atoms with van der Waals surface area (Å²) in [5.41, 5.74) is 1.10. The van der Waals surface area contributed by atoms with Crippen LogP contribution in [0.4, 0.5) is 0 Å². The molecular formula is C19H31N3O4. The van der Waals surface area contributed by atoms with E-state index >= 15 is 0 Å². The Bertz CT molecular complexity index is 560. The third kappa shape index (κ3) is 6.72. The van der Waals surface area contributed by atoms with Gasteiger partial charge >= 0.3 is 0 Å². The number of nitrogens with one attached hydrogen (secondary N) is 2. The molecule has 1 heterocycles. The van der Waals surface area contributed by atoms with Crippen molar-refractivity contribution in [3.63, 3.8) is 0 Å². The third-order valence-corrected chi connectivity index (χ3v) is 4.07. The first-order valence-electron chi connectivity index (χ1n) is 9.20. The number of guanidine groups is 1. The molecular weight excluding hydrogens is 334 g/mol.